The molecule has 20 heavy (non-hydrogen) atoms. The van der Waals surface area contributed by atoms with Crippen LogP contribution in [0, 0.1) is 6.92 Å². The SMILES string of the molecule is Cc1ccc(-c2c/c(=N/O)c3cc(Cl)ccc3o2)cc1. The fourth-order valence-corrected chi connectivity index (χ4v) is 2.26. The second-order valence-electron chi connectivity index (χ2n) is 4.60. The van der Waals surface area contributed by atoms with Gasteiger partial charge in [0, 0.05) is 22.0 Å². The molecule has 0 radical (unpaired) electrons. The van der Waals surface area contributed by atoms with Crippen molar-refractivity contribution in [2.24, 2.45) is 5.16 Å². The van der Waals surface area contributed by atoms with Crippen LogP contribution >= 0.6 is 11.6 Å². The summed E-state index contributed by atoms with van der Waals surface area (Å²) in [6.45, 7) is 2.03. The molecule has 0 amide bonds. The van der Waals surface area contributed by atoms with E-state index >= 15 is 0 Å². The average Bonchev–Trinajstić information content (AvgIpc) is 2.47. The van der Waals surface area contributed by atoms with Gasteiger partial charge in [0.25, 0.3) is 0 Å². The lowest BCUT2D eigenvalue weighted by Gasteiger charge is -2.05. The van der Waals surface area contributed by atoms with E-state index in [0.717, 1.165) is 5.56 Å². The molecule has 0 aliphatic rings. The van der Waals surface area contributed by atoms with Gasteiger partial charge in [-0.05, 0) is 25.1 Å². The second-order valence-corrected chi connectivity index (χ2v) is 5.04. The van der Waals surface area contributed by atoms with Gasteiger partial charge in [-0.1, -0.05) is 46.6 Å². The van der Waals surface area contributed by atoms with Crippen LogP contribution in [0.1, 0.15) is 5.56 Å². The van der Waals surface area contributed by atoms with Crippen LogP contribution in [0.5, 0.6) is 0 Å². The van der Waals surface area contributed by atoms with E-state index in [1.165, 1.54) is 5.56 Å². The number of rotatable bonds is 1. The number of benzene rings is 2. The largest absolute Gasteiger partial charge is 0.456 e. The number of hydrogen-bond acceptors (Lipinski definition) is 3. The van der Waals surface area contributed by atoms with E-state index in [4.69, 9.17) is 16.0 Å². The summed E-state index contributed by atoms with van der Waals surface area (Å²) in [5.41, 5.74) is 2.73. The Hall–Kier alpha value is -2.26. The van der Waals surface area contributed by atoms with Gasteiger partial charge in [-0.15, -0.1) is 0 Å². The van der Waals surface area contributed by atoms with Gasteiger partial charge in [-0.25, -0.2) is 0 Å². The van der Waals surface area contributed by atoms with E-state index in [0.29, 0.717) is 27.1 Å². The second kappa shape index (κ2) is 5.02. The lowest BCUT2D eigenvalue weighted by molar-refractivity contribution is 0.302. The van der Waals surface area contributed by atoms with Crippen LogP contribution in [0.15, 0.2) is 58.1 Å². The van der Waals surface area contributed by atoms with E-state index in [1.54, 1.807) is 24.3 Å². The molecule has 0 aliphatic carbocycles. The third-order valence-corrected chi connectivity index (χ3v) is 3.38. The zero-order valence-corrected chi connectivity index (χ0v) is 11.6. The molecule has 0 spiro atoms. The maximum Gasteiger partial charge on any atom is 0.137 e. The van der Waals surface area contributed by atoms with Gasteiger partial charge >= 0.3 is 0 Å². The molecular formula is C16H12ClNO2. The van der Waals surface area contributed by atoms with Crippen LogP contribution in [-0.2, 0) is 0 Å². The quantitative estimate of drug-likeness (QED) is 0.533. The molecule has 0 fully saturated rings. The van der Waals surface area contributed by atoms with Gasteiger partial charge in [0.05, 0.1) is 0 Å². The number of hydrogen-bond donors (Lipinski definition) is 1. The first kappa shape index (κ1) is 12.8. The van der Waals surface area contributed by atoms with Gasteiger partial charge in [-0.3, -0.25) is 0 Å². The summed E-state index contributed by atoms with van der Waals surface area (Å²) in [5.74, 6) is 0.646. The minimum atomic E-state index is 0.435. The molecule has 0 unspecified atom stereocenters. The Morgan fingerprint density at radius 3 is 2.50 bits per heavy atom. The topological polar surface area (TPSA) is 45.7 Å². The smallest absolute Gasteiger partial charge is 0.137 e. The molecule has 1 N–H and O–H groups in total. The van der Waals surface area contributed by atoms with Crippen molar-refractivity contribution in [1.82, 2.24) is 0 Å². The highest BCUT2D eigenvalue weighted by molar-refractivity contribution is 6.31. The van der Waals surface area contributed by atoms with Gasteiger partial charge < -0.3 is 9.62 Å². The summed E-state index contributed by atoms with van der Waals surface area (Å²) in [6, 6.07) is 14.9. The summed E-state index contributed by atoms with van der Waals surface area (Å²) < 4.78 is 5.86. The van der Waals surface area contributed by atoms with Crippen LogP contribution in [0.2, 0.25) is 5.02 Å². The van der Waals surface area contributed by atoms with Crippen LogP contribution in [0.3, 0.4) is 0 Å². The van der Waals surface area contributed by atoms with Gasteiger partial charge in [0.1, 0.15) is 16.7 Å². The summed E-state index contributed by atoms with van der Waals surface area (Å²) in [5, 5.41) is 14.2. The van der Waals surface area contributed by atoms with E-state index in [2.05, 4.69) is 5.16 Å². The Labute approximate surface area is 120 Å². The minimum absolute atomic E-state index is 0.435. The van der Waals surface area contributed by atoms with Crippen LogP contribution < -0.4 is 5.36 Å². The maximum atomic E-state index is 9.18. The predicted molar refractivity (Wildman–Crippen MR) is 78.7 cm³/mol. The highest BCUT2D eigenvalue weighted by atomic mass is 35.5. The molecule has 3 rings (SSSR count). The van der Waals surface area contributed by atoms with Crippen LogP contribution in [0.25, 0.3) is 22.3 Å². The predicted octanol–water partition coefficient (Wildman–Crippen LogP) is 4.35. The minimum Gasteiger partial charge on any atom is -0.456 e. The third kappa shape index (κ3) is 2.28. The number of nitrogens with zero attached hydrogens (tertiary/aromatic N) is 1. The van der Waals surface area contributed by atoms with Crippen molar-refractivity contribution in [3.8, 4) is 11.3 Å². The van der Waals surface area contributed by atoms with Crippen molar-refractivity contribution in [1.29, 1.82) is 0 Å². The van der Waals surface area contributed by atoms with Crippen molar-refractivity contribution in [2.75, 3.05) is 0 Å². The Morgan fingerprint density at radius 1 is 1.05 bits per heavy atom. The van der Waals surface area contributed by atoms with Crippen LogP contribution in [-0.4, -0.2) is 5.21 Å². The van der Waals surface area contributed by atoms with Crippen LogP contribution in [0.4, 0.5) is 0 Å². The summed E-state index contributed by atoms with van der Waals surface area (Å²) in [6.07, 6.45) is 0. The fourth-order valence-electron chi connectivity index (χ4n) is 2.08. The first-order valence-electron chi connectivity index (χ1n) is 6.16. The Bertz CT molecular complexity index is 835. The standard InChI is InChI=1S/C16H12ClNO2/c1-10-2-4-11(5-3-10)16-9-14(18-19)13-8-12(17)6-7-15(13)20-16/h2-9,19H,1H3/b18-14-. The summed E-state index contributed by atoms with van der Waals surface area (Å²) in [4.78, 5) is 0. The van der Waals surface area contributed by atoms with E-state index in [1.807, 2.05) is 31.2 Å². The molecule has 1 heterocycles. The van der Waals surface area contributed by atoms with Gasteiger partial charge in [0.2, 0.25) is 0 Å². The highest BCUT2D eigenvalue weighted by Gasteiger charge is 2.06. The summed E-state index contributed by atoms with van der Waals surface area (Å²) in [7, 11) is 0. The van der Waals surface area contributed by atoms with E-state index in [-0.39, 0.29) is 0 Å². The monoisotopic (exact) mass is 285 g/mol. The molecular weight excluding hydrogens is 274 g/mol. The van der Waals surface area contributed by atoms with Crippen molar-refractivity contribution < 1.29 is 9.62 Å². The van der Waals surface area contributed by atoms with Crippen molar-refractivity contribution in [2.45, 2.75) is 6.92 Å². The molecule has 0 saturated carbocycles. The molecule has 4 heteroatoms. The zero-order valence-electron chi connectivity index (χ0n) is 10.8. The normalized spacial score (nSPS) is 12.0. The Morgan fingerprint density at radius 2 is 1.80 bits per heavy atom. The summed E-state index contributed by atoms with van der Waals surface area (Å²) >= 11 is 5.96. The van der Waals surface area contributed by atoms with E-state index in [9.17, 15) is 5.21 Å². The molecule has 1 aromatic heterocycles. The molecule has 0 aliphatic heterocycles. The first-order valence-corrected chi connectivity index (χ1v) is 6.54. The number of halogens is 1. The Balaban J connectivity index is 2.28. The molecule has 3 aromatic rings. The molecule has 2 aromatic carbocycles. The molecule has 3 nitrogen and oxygen atoms in total. The zero-order chi connectivity index (χ0) is 14.1. The molecule has 0 bridgehead atoms. The number of fused-ring (bicyclic) bond motifs is 1. The lowest BCUT2D eigenvalue weighted by atomic mass is 10.1. The number of aryl methyl sites for hydroxylation is 1. The van der Waals surface area contributed by atoms with Gasteiger partial charge in [0.15, 0.2) is 0 Å². The Kier molecular flexibility index (Phi) is 3.20. The first-order chi connectivity index (χ1) is 9.67. The molecule has 0 atom stereocenters. The van der Waals surface area contributed by atoms with Gasteiger partial charge in [-0.2, -0.15) is 0 Å². The highest BCUT2D eigenvalue weighted by Crippen LogP contribution is 2.24. The third-order valence-electron chi connectivity index (χ3n) is 3.15. The van der Waals surface area contributed by atoms with Crippen molar-refractivity contribution >= 4 is 22.6 Å². The molecule has 0 saturated heterocycles. The lowest BCUT2D eigenvalue weighted by Crippen LogP contribution is -2.03. The molecule has 100 valence electrons. The van der Waals surface area contributed by atoms with E-state index < -0.39 is 0 Å². The fraction of sp³-hybridized carbons (Fsp3) is 0.0625. The maximum absolute atomic E-state index is 9.18. The van der Waals surface area contributed by atoms with Crippen molar-refractivity contribution in [3.63, 3.8) is 0 Å². The van der Waals surface area contributed by atoms with Crippen molar-refractivity contribution in [3.05, 3.63) is 64.5 Å². The average molecular weight is 286 g/mol.